The number of carbonyl (C=O) groups excluding carboxylic acids is 1. The van der Waals surface area contributed by atoms with Gasteiger partial charge in [0, 0.05) is 11.9 Å². The molecule has 3 rings (SSSR count). The summed E-state index contributed by atoms with van der Waals surface area (Å²) in [7, 11) is 0. The van der Waals surface area contributed by atoms with Gasteiger partial charge in [-0.25, -0.2) is 0 Å². The normalized spacial score (nSPS) is 27.5. The Balaban J connectivity index is 1.76. The van der Waals surface area contributed by atoms with Gasteiger partial charge in [-0.1, -0.05) is 18.6 Å². The number of nitrogens with zero attached hydrogens (tertiary/aromatic N) is 1. The van der Waals surface area contributed by atoms with Gasteiger partial charge in [-0.05, 0) is 37.8 Å². The first-order valence-electron chi connectivity index (χ1n) is 6.65. The van der Waals surface area contributed by atoms with Gasteiger partial charge in [-0.3, -0.25) is 15.2 Å². The number of amides is 1. The van der Waals surface area contributed by atoms with Crippen LogP contribution in [0, 0.1) is 23.7 Å². The number of amidine groups is 1. The van der Waals surface area contributed by atoms with E-state index in [1.54, 1.807) is 25.3 Å². The average molecular weight is 255 g/mol. The van der Waals surface area contributed by atoms with Crippen LogP contribution in [0.5, 0.6) is 0 Å². The summed E-state index contributed by atoms with van der Waals surface area (Å²) in [5, 5.41) is 11.0. The molecule has 0 saturated heterocycles. The standard InChI is InChI=1S/C15H17N3O/c1-10-12(5-3-9-17-10)13(19)18-14(16)15-7-2-4-11(15)6-8-15/h3,5-6,8-9,11H,2,4,7H2,1H3,(H2,16,18,19). The van der Waals surface area contributed by atoms with Crippen molar-refractivity contribution in [2.24, 2.45) is 11.3 Å². The number of nitrogens with one attached hydrogen (secondary N) is 2. The van der Waals surface area contributed by atoms with Gasteiger partial charge in [-0.2, -0.15) is 0 Å². The number of carbonyl (C=O) groups is 1. The van der Waals surface area contributed by atoms with Gasteiger partial charge in [0.15, 0.2) is 0 Å². The van der Waals surface area contributed by atoms with Crippen molar-refractivity contribution in [3.63, 3.8) is 0 Å². The van der Waals surface area contributed by atoms with E-state index in [2.05, 4.69) is 22.5 Å². The zero-order chi connectivity index (χ0) is 13.5. The fourth-order valence-electron chi connectivity index (χ4n) is 3.12. The summed E-state index contributed by atoms with van der Waals surface area (Å²) in [4.78, 5) is 16.3. The van der Waals surface area contributed by atoms with Crippen molar-refractivity contribution in [1.82, 2.24) is 10.3 Å². The second-order valence-corrected chi connectivity index (χ2v) is 5.36. The van der Waals surface area contributed by atoms with Crippen LogP contribution in [0.25, 0.3) is 0 Å². The minimum atomic E-state index is -0.226. The lowest BCUT2D eigenvalue weighted by Crippen LogP contribution is -2.47. The monoisotopic (exact) mass is 255 g/mol. The van der Waals surface area contributed by atoms with Crippen molar-refractivity contribution in [2.75, 3.05) is 0 Å². The predicted molar refractivity (Wildman–Crippen MR) is 73.1 cm³/mol. The SMILES string of the molecule is Cc1ncccc1C(=O)NC(=N)C12C=CC1CCC2. The quantitative estimate of drug-likeness (QED) is 0.484. The Morgan fingerprint density at radius 1 is 1.58 bits per heavy atom. The van der Waals surface area contributed by atoms with Crippen LogP contribution in [-0.2, 0) is 0 Å². The molecule has 19 heavy (non-hydrogen) atoms. The van der Waals surface area contributed by atoms with Crippen molar-refractivity contribution in [2.45, 2.75) is 26.2 Å². The van der Waals surface area contributed by atoms with Crippen molar-refractivity contribution in [3.05, 3.63) is 41.7 Å². The highest BCUT2D eigenvalue weighted by molar-refractivity contribution is 6.08. The average Bonchev–Trinajstić information content (AvgIpc) is 2.66. The molecule has 0 aliphatic heterocycles. The summed E-state index contributed by atoms with van der Waals surface area (Å²) in [6.45, 7) is 1.80. The highest BCUT2D eigenvalue weighted by Crippen LogP contribution is 2.52. The van der Waals surface area contributed by atoms with E-state index in [0.717, 1.165) is 19.3 Å². The lowest BCUT2D eigenvalue weighted by atomic mass is 9.68. The molecule has 0 bridgehead atoms. The van der Waals surface area contributed by atoms with Crippen molar-refractivity contribution in [1.29, 1.82) is 5.41 Å². The smallest absolute Gasteiger partial charge is 0.258 e. The molecule has 1 heterocycles. The molecular weight excluding hydrogens is 238 g/mol. The number of hydrogen-bond acceptors (Lipinski definition) is 3. The van der Waals surface area contributed by atoms with E-state index in [4.69, 9.17) is 5.41 Å². The van der Waals surface area contributed by atoms with Crippen LogP contribution in [0.4, 0.5) is 0 Å². The second kappa shape index (κ2) is 4.30. The number of rotatable bonds is 2. The van der Waals surface area contributed by atoms with E-state index in [0.29, 0.717) is 23.0 Å². The summed E-state index contributed by atoms with van der Waals surface area (Å²) in [6.07, 6.45) is 9.12. The minimum Gasteiger partial charge on any atom is -0.310 e. The Morgan fingerprint density at radius 3 is 3.05 bits per heavy atom. The maximum atomic E-state index is 12.2. The van der Waals surface area contributed by atoms with Gasteiger partial charge >= 0.3 is 0 Å². The van der Waals surface area contributed by atoms with Crippen LogP contribution < -0.4 is 5.32 Å². The molecule has 4 heteroatoms. The summed E-state index contributed by atoms with van der Waals surface area (Å²) >= 11 is 0. The van der Waals surface area contributed by atoms with Gasteiger partial charge in [0.05, 0.1) is 11.0 Å². The number of aromatic nitrogens is 1. The summed E-state index contributed by atoms with van der Waals surface area (Å²) < 4.78 is 0. The van der Waals surface area contributed by atoms with Crippen LogP contribution in [0.1, 0.15) is 35.3 Å². The third-order valence-electron chi connectivity index (χ3n) is 4.35. The van der Waals surface area contributed by atoms with E-state index < -0.39 is 0 Å². The molecule has 1 aromatic heterocycles. The molecule has 1 fully saturated rings. The lowest BCUT2D eigenvalue weighted by Gasteiger charge is -2.38. The fourth-order valence-corrected chi connectivity index (χ4v) is 3.12. The number of pyridine rings is 1. The Hall–Kier alpha value is -1.97. The second-order valence-electron chi connectivity index (χ2n) is 5.36. The van der Waals surface area contributed by atoms with Gasteiger partial charge in [0.25, 0.3) is 5.91 Å². The van der Waals surface area contributed by atoms with Crippen LogP contribution in [0.15, 0.2) is 30.5 Å². The molecule has 1 amide bonds. The van der Waals surface area contributed by atoms with Gasteiger partial charge < -0.3 is 5.32 Å². The van der Waals surface area contributed by atoms with E-state index in [1.165, 1.54) is 0 Å². The molecule has 1 saturated carbocycles. The largest absolute Gasteiger partial charge is 0.310 e. The molecule has 2 aliphatic carbocycles. The number of hydrogen-bond donors (Lipinski definition) is 2. The van der Waals surface area contributed by atoms with Crippen LogP contribution in [-0.4, -0.2) is 16.7 Å². The molecule has 2 atom stereocenters. The molecule has 1 aromatic rings. The number of aryl methyl sites for hydroxylation is 1. The molecule has 0 spiro atoms. The fraction of sp³-hybridized carbons (Fsp3) is 0.400. The molecular formula is C15H17N3O. The summed E-state index contributed by atoms with van der Waals surface area (Å²) in [6, 6.07) is 3.48. The number of fused-ring (bicyclic) bond motifs is 1. The molecule has 0 radical (unpaired) electrons. The summed E-state index contributed by atoms with van der Waals surface area (Å²) in [5.74, 6) is 0.553. The van der Waals surface area contributed by atoms with E-state index in [9.17, 15) is 4.79 Å². The van der Waals surface area contributed by atoms with Crippen molar-refractivity contribution in [3.8, 4) is 0 Å². The highest BCUT2D eigenvalue weighted by atomic mass is 16.1. The molecule has 2 N–H and O–H groups in total. The Morgan fingerprint density at radius 2 is 2.42 bits per heavy atom. The molecule has 0 aromatic carbocycles. The van der Waals surface area contributed by atoms with E-state index >= 15 is 0 Å². The van der Waals surface area contributed by atoms with Gasteiger partial charge in [0.1, 0.15) is 5.84 Å². The van der Waals surface area contributed by atoms with Crippen molar-refractivity contribution >= 4 is 11.7 Å². The Bertz CT molecular complexity index is 579. The first-order valence-corrected chi connectivity index (χ1v) is 6.65. The van der Waals surface area contributed by atoms with Gasteiger partial charge in [-0.15, -0.1) is 0 Å². The Labute approximate surface area is 112 Å². The van der Waals surface area contributed by atoms with E-state index in [-0.39, 0.29) is 11.3 Å². The molecule has 2 aliphatic rings. The predicted octanol–water partition coefficient (Wildman–Crippen LogP) is 2.45. The third-order valence-corrected chi connectivity index (χ3v) is 4.35. The molecule has 98 valence electrons. The minimum absolute atomic E-state index is 0.203. The van der Waals surface area contributed by atoms with Gasteiger partial charge in [0.2, 0.25) is 0 Å². The van der Waals surface area contributed by atoms with Crippen LogP contribution >= 0.6 is 0 Å². The first kappa shape index (κ1) is 12.1. The Kier molecular flexibility index (Phi) is 2.73. The highest BCUT2D eigenvalue weighted by Gasteiger charge is 2.48. The maximum absolute atomic E-state index is 12.2. The molecule has 2 unspecified atom stereocenters. The topological polar surface area (TPSA) is 65.8 Å². The van der Waals surface area contributed by atoms with Crippen molar-refractivity contribution < 1.29 is 4.79 Å². The maximum Gasteiger partial charge on any atom is 0.258 e. The van der Waals surface area contributed by atoms with E-state index in [1.807, 2.05) is 0 Å². The number of allylic oxidation sites excluding steroid dienone is 1. The third kappa shape index (κ3) is 1.79. The first-order chi connectivity index (χ1) is 9.13. The van der Waals surface area contributed by atoms with Crippen LogP contribution in [0.2, 0.25) is 0 Å². The zero-order valence-electron chi connectivity index (χ0n) is 10.9. The zero-order valence-corrected chi connectivity index (χ0v) is 10.9. The van der Waals surface area contributed by atoms with Crippen LogP contribution in [0.3, 0.4) is 0 Å². The summed E-state index contributed by atoms with van der Waals surface area (Å²) in [5.41, 5.74) is 1.03. The lowest BCUT2D eigenvalue weighted by molar-refractivity contribution is 0.0971. The molecule has 4 nitrogen and oxygen atoms in total.